The first-order chi connectivity index (χ1) is 10.0. The Hall–Kier alpha value is -1.95. The van der Waals surface area contributed by atoms with Crippen LogP contribution in [0, 0.1) is 0 Å². The van der Waals surface area contributed by atoms with Crippen LogP contribution in [0.3, 0.4) is 0 Å². The van der Waals surface area contributed by atoms with E-state index in [0.29, 0.717) is 18.8 Å². The smallest absolute Gasteiger partial charge is 0.325 e. The van der Waals surface area contributed by atoms with E-state index in [-0.39, 0.29) is 12.8 Å². The van der Waals surface area contributed by atoms with E-state index in [4.69, 9.17) is 19.9 Å². The van der Waals surface area contributed by atoms with Crippen LogP contribution < -0.4 is 19.9 Å². The minimum Gasteiger partial charge on any atom is -0.493 e. The fourth-order valence-electron chi connectivity index (χ4n) is 2.09. The van der Waals surface area contributed by atoms with Gasteiger partial charge in [0.25, 0.3) is 0 Å². The maximum absolute atomic E-state index is 11.4. The lowest BCUT2D eigenvalue weighted by Gasteiger charge is -2.21. The third-order valence-corrected chi connectivity index (χ3v) is 3.35. The molecule has 1 aromatic rings. The minimum atomic E-state index is -0.937. The summed E-state index contributed by atoms with van der Waals surface area (Å²) in [5.41, 5.74) is 4.94. The number of esters is 1. The van der Waals surface area contributed by atoms with Gasteiger partial charge < -0.3 is 24.7 Å². The van der Waals surface area contributed by atoms with E-state index >= 15 is 0 Å². The molecule has 1 atom stereocenters. The Morgan fingerprint density at radius 2 is 2.10 bits per heavy atom. The summed E-state index contributed by atoms with van der Waals surface area (Å²) in [6.07, 6.45) is 2.15. The Morgan fingerprint density at radius 1 is 1.33 bits per heavy atom. The molecular weight excluding hydrogens is 274 g/mol. The number of nitrogens with two attached hydrogens (primary N) is 1. The number of methoxy groups -OCH3 is 1. The maximum Gasteiger partial charge on any atom is 0.325 e. The van der Waals surface area contributed by atoms with Crippen LogP contribution in [-0.4, -0.2) is 32.0 Å². The van der Waals surface area contributed by atoms with Gasteiger partial charge >= 0.3 is 5.97 Å². The molecule has 1 heterocycles. The molecule has 1 aromatic carbocycles. The summed E-state index contributed by atoms with van der Waals surface area (Å²) in [6.45, 7) is 2.48. The van der Waals surface area contributed by atoms with Crippen molar-refractivity contribution in [2.24, 2.45) is 5.73 Å². The lowest BCUT2D eigenvalue weighted by molar-refractivity contribution is -0.146. The molecule has 2 rings (SSSR count). The normalized spacial score (nSPS) is 15.4. The highest BCUT2D eigenvalue weighted by atomic mass is 16.7. The minimum absolute atomic E-state index is 0.251. The van der Waals surface area contributed by atoms with Crippen molar-refractivity contribution in [3.8, 4) is 17.2 Å². The van der Waals surface area contributed by atoms with Gasteiger partial charge in [0.1, 0.15) is 11.3 Å². The molecule has 6 heteroatoms. The van der Waals surface area contributed by atoms with Crippen LogP contribution in [0.2, 0.25) is 0 Å². The first kappa shape index (κ1) is 15.4. The molecule has 116 valence electrons. The molecule has 0 fully saturated rings. The van der Waals surface area contributed by atoms with Gasteiger partial charge in [-0.2, -0.15) is 0 Å². The molecule has 1 aliphatic heterocycles. The van der Waals surface area contributed by atoms with Crippen molar-refractivity contribution in [3.63, 3.8) is 0 Å². The van der Waals surface area contributed by atoms with Crippen molar-refractivity contribution in [3.05, 3.63) is 18.2 Å². The second kappa shape index (κ2) is 6.67. The molecule has 1 unspecified atom stereocenters. The topological polar surface area (TPSA) is 80.0 Å². The van der Waals surface area contributed by atoms with Gasteiger partial charge in [-0.1, -0.05) is 0 Å². The van der Waals surface area contributed by atoms with Crippen molar-refractivity contribution >= 4 is 5.97 Å². The zero-order valence-corrected chi connectivity index (χ0v) is 12.4. The number of carbonyl (C=O) groups excluding carboxylic acids is 1. The molecular formula is C15H21NO5. The highest BCUT2D eigenvalue weighted by Gasteiger charge is 2.28. The first-order valence-corrected chi connectivity index (χ1v) is 6.93. The van der Waals surface area contributed by atoms with Gasteiger partial charge in [-0.3, -0.25) is 4.79 Å². The largest absolute Gasteiger partial charge is 0.493 e. The molecule has 2 N–H and O–H groups in total. The molecule has 1 aliphatic rings. The van der Waals surface area contributed by atoms with E-state index in [1.165, 1.54) is 7.11 Å². The fourth-order valence-corrected chi connectivity index (χ4v) is 2.09. The van der Waals surface area contributed by atoms with Crippen LogP contribution in [0.25, 0.3) is 0 Å². The Morgan fingerprint density at radius 3 is 2.86 bits per heavy atom. The Kier molecular flexibility index (Phi) is 4.90. The molecule has 0 saturated carbocycles. The van der Waals surface area contributed by atoms with Crippen LogP contribution in [0.4, 0.5) is 0 Å². The lowest BCUT2D eigenvalue weighted by Crippen LogP contribution is -2.45. The summed E-state index contributed by atoms with van der Waals surface area (Å²) >= 11 is 0. The number of fused-ring (bicyclic) bond motifs is 1. The molecule has 6 nitrogen and oxygen atoms in total. The number of benzene rings is 1. The molecule has 0 radical (unpaired) electrons. The van der Waals surface area contributed by atoms with Gasteiger partial charge in [-0.25, -0.2) is 0 Å². The Bertz CT molecular complexity index is 501. The zero-order chi connectivity index (χ0) is 15.3. The quantitative estimate of drug-likeness (QED) is 0.611. The Labute approximate surface area is 124 Å². The summed E-state index contributed by atoms with van der Waals surface area (Å²) in [4.78, 5) is 11.4. The summed E-state index contributed by atoms with van der Waals surface area (Å²) < 4.78 is 20.8. The van der Waals surface area contributed by atoms with Crippen LogP contribution in [0.15, 0.2) is 18.2 Å². The third kappa shape index (κ3) is 4.01. The molecule has 0 bridgehead atoms. The molecule has 21 heavy (non-hydrogen) atoms. The zero-order valence-electron chi connectivity index (χ0n) is 12.4. The monoisotopic (exact) mass is 295 g/mol. The Balaban J connectivity index is 1.69. The number of hydrogen-bond acceptors (Lipinski definition) is 6. The van der Waals surface area contributed by atoms with E-state index < -0.39 is 5.54 Å². The molecule has 0 saturated heterocycles. The number of carbonyl (C=O) groups is 1. The maximum atomic E-state index is 11.4. The molecule has 0 aliphatic carbocycles. The van der Waals surface area contributed by atoms with Crippen molar-refractivity contribution in [2.75, 3.05) is 20.5 Å². The van der Waals surface area contributed by atoms with E-state index in [2.05, 4.69) is 4.74 Å². The molecule has 0 spiro atoms. The molecule has 0 amide bonds. The van der Waals surface area contributed by atoms with Crippen LogP contribution in [0.1, 0.15) is 26.2 Å². The van der Waals surface area contributed by atoms with Crippen LogP contribution in [-0.2, 0) is 9.53 Å². The standard InChI is InChI=1S/C15H21NO5/c1-15(16,14(17)18-2)7-3-4-8-19-11-5-6-12-13(9-11)21-10-20-12/h5-6,9H,3-4,7-8,10,16H2,1-2H3. The van der Waals surface area contributed by atoms with Crippen molar-refractivity contribution in [1.82, 2.24) is 0 Å². The van der Waals surface area contributed by atoms with Gasteiger partial charge in [-0.05, 0) is 38.3 Å². The van der Waals surface area contributed by atoms with Crippen molar-refractivity contribution in [1.29, 1.82) is 0 Å². The number of rotatable bonds is 7. The average molecular weight is 295 g/mol. The van der Waals surface area contributed by atoms with Gasteiger partial charge in [-0.15, -0.1) is 0 Å². The predicted molar refractivity (Wildman–Crippen MR) is 76.5 cm³/mol. The second-order valence-corrected chi connectivity index (χ2v) is 5.23. The van der Waals surface area contributed by atoms with E-state index in [9.17, 15) is 4.79 Å². The van der Waals surface area contributed by atoms with Gasteiger partial charge in [0.15, 0.2) is 11.5 Å². The fraction of sp³-hybridized carbons (Fsp3) is 0.533. The average Bonchev–Trinajstić information content (AvgIpc) is 2.93. The van der Waals surface area contributed by atoms with Crippen molar-refractivity contribution < 1.29 is 23.7 Å². The van der Waals surface area contributed by atoms with E-state index in [1.807, 2.05) is 18.2 Å². The van der Waals surface area contributed by atoms with Gasteiger partial charge in [0, 0.05) is 6.07 Å². The third-order valence-electron chi connectivity index (χ3n) is 3.35. The summed E-state index contributed by atoms with van der Waals surface area (Å²) in [6, 6.07) is 5.48. The highest BCUT2D eigenvalue weighted by molar-refractivity contribution is 5.79. The van der Waals surface area contributed by atoms with Crippen LogP contribution in [0.5, 0.6) is 17.2 Å². The van der Waals surface area contributed by atoms with Gasteiger partial charge in [0.05, 0.1) is 13.7 Å². The predicted octanol–water partition coefficient (Wildman–Crippen LogP) is 1.85. The number of unbranched alkanes of at least 4 members (excludes halogenated alkanes) is 1. The van der Waals surface area contributed by atoms with E-state index in [1.54, 1.807) is 6.92 Å². The second-order valence-electron chi connectivity index (χ2n) is 5.23. The first-order valence-electron chi connectivity index (χ1n) is 6.93. The molecule has 0 aromatic heterocycles. The SMILES string of the molecule is COC(=O)C(C)(N)CCCCOc1ccc2c(c1)OCO2. The van der Waals surface area contributed by atoms with Gasteiger partial charge in [0.2, 0.25) is 6.79 Å². The number of hydrogen-bond donors (Lipinski definition) is 1. The van der Waals surface area contributed by atoms with Crippen LogP contribution >= 0.6 is 0 Å². The number of ether oxygens (including phenoxy) is 4. The summed E-state index contributed by atoms with van der Waals surface area (Å²) in [7, 11) is 1.34. The van der Waals surface area contributed by atoms with E-state index in [0.717, 1.165) is 24.3 Å². The highest BCUT2D eigenvalue weighted by Crippen LogP contribution is 2.35. The summed E-state index contributed by atoms with van der Waals surface area (Å²) in [5.74, 6) is 1.79. The lowest BCUT2D eigenvalue weighted by atomic mass is 9.96. The summed E-state index contributed by atoms with van der Waals surface area (Å²) in [5, 5.41) is 0. The van der Waals surface area contributed by atoms with Crippen molar-refractivity contribution in [2.45, 2.75) is 31.7 Å².